The second kappa shape index (κ2) is 5.23. The van der Waals surface area contributed by atoms with Crippen LogP contribution >= 0.6 is 0 Å². The Morgan fingerprint density at radius 2 is 2.11 bits per heavy atom. The number of hydrogen-bond acceptors (Lipinski definition) is 3. The SMILES string of the molecule is C[C@H](O)c1ccccc1N(C)Cc1cnn(C)c1. The van der Waals surface area contributed by atoms with Crippen LogP contribution in [-0.4, -0.2) is 21.9 Å². The van der Waals surface area contributed by atoms with Crippen LogP contribution in [-0.2, 0) is 13.6 Å². The van der Waals surface area contributed by atoms with Gasteiger partial charge >= 0.3 is 0 Å². The first-order valence-corrected chi connectivity index (χ1v) is 6.03. The van der Waals surface area contributed by atoms with Crippen LogP contribution in [0.4, 0.5) is 5.69 Å². The molecule has 4 nitrogen and oxygen atoms in total. The molecule has 0 radical (unpaired) electrons. The third-order valence-corrected chi connectivity index (χ3v) is 2.98. The molecule has 0 saturated heterocycles. The summed E-state index contributed by atoms with van der Waals surface area (Å²) < 4.78 is 1.80. The molecule has 96 valence electrons. The summed E-state index contributed by atoms with van der Waals surface area (Å²) in [5, 5.41) is 13.9. The lowest BCUT2D eigenvalue weighted by atomic mass is 10.1. The van der Waals surface area contributed by atoms with Crippen LogP contribution in [0, 0.1) is 0 Å². The number of rotatable bonds is 4. The molecule has 2 aromatic rings. The van der Waals surface area contributed by atoms with E-state index in [1.165, 1.54) is 0 Å². The molecule has 1 atom stereocenters. The highest BCUT2D eigenvalue weighted by Gasteiger charge is 2.11. The van der Waals surface area contributed by atoms with Crippen molar-refractivity contribution in [2.45, 2.75) is 19.6 Å². The van der Waals surface area contributed by atoms with Gasteiger partial charge in [0.2, 0.25) is 0 Å². The zero-order chi connectivity index (χ0) is 13.1. The summed E-state index contributed by atoms with van der Waals surface area (Å²) in [6, 6.07) is 7.92. The predicted molar refractivity (Wildman–Crippen MR) is 72.4 cm³/mol. The van der Waals surface area contributed by atoms with Gasteiger partial charge in [0.1, 0.15) is 0 Å². The van der Waals surface area contributed by atoms with E-state index < -0.39 is 6.10 Å². The number of aliphatic hydroxyl groups is 1. The molecule has 1 aromatic carbocycles. The van der Waals surface area contributed by atoms with Gasteiger partial charge in [-0.2, -0.15) is 5.10 Å². The lowest BCUT2D eigenvalue weighted by Gasteiger charge is -2.23. The first-order chi connectivity index (χ1) is 8.58. The van der Waals surface area contributed by atoms with Crippen LogP contribution < -0.4 is 4.90 Å². The molecule has 0 aliphatic carbocycles. The first-order valence-electron chi connectivity index (χ1n) is 6.03. The van der Waals surface area contributed by atoms with Crippen molar-refractivity contribution in [1.82, 2.24) is 9.78 Å². The highest BCUT2D eigenvalue weighted by atomic mass is 16.3. The molecule has 0 fully saturated rings. The molecular weight excluding hydrogens is 226 g/mol. The molecule has 0 bridgehead atoms. The van der Waals surface area contributed by atoms with Crippen LogP contribution in [0.15, 0.2) is 36.7 Å². The predicted octanol–water partition coefficient (Wildman–Crippen LogP) is 2.11. The maximum atomic E-state index is 9.78. The van der Waals surface area contributed by atoms with Crippen molar-refractivity contribution in [2.75, 3.05) is 11.9 Å². The minimum Gasteiger partial charge on any atom is -0.389 e. The molecule has 0 amide bonds. The Kier molecular flexibility index (Phi) is 3.67. The molecule has 1 aromatic heterocycles. The third-order valence-electron chi connectivity index (χ3n) is 2.98. The number of aliphatic hydroxyl groups excluding tert-OH is 1. The quantitative estimate of drug-likeness (QED) is 0.897. The highest BCUT2D eigenvalue weighted by molar-refractivity contribution is 5.54. The van der Waals surface area contributed by atoms with Crippen molar-refractivity contribution in [1.29, 1.82) is 0 Å². The summed E-state index contributed by atoms with van der Waals surface area (Å²) in [6.45, 7) is 2.56. The normalized spacial score (nSPS) is 12.4. The summed E-state index contributed by atoms with van der Waals surface area (Å²) in [4.78, 5) is 2.12. The van der Waals surface area contributed by atoms with E-state index in [9.17, 15) is 5.11 Å². The Balaban J connectivity index is 2.20. The van der Waals surface area contributed by atoms with Gasteiger partial charge in [0.15, 0.2) is 0 Å². The minimum absolute atomic E-state index is 0.461. The summed E-state index contributed by atoms with van der Waals surface area (Å²) >= 11 is 0. The standard InChI is InChI=1S/C14H19N3O/c1-11(18)13-6-4-5-7-14(13)16(2)9-12-8-15-17(3)10-12/h4-8,10-11,18H,9H2,1-3H3/t11-/m0/s1. The van der Waals surface area contributed by atoms with Gasteiger partial charge < -0.3 is 10.0 Å². The van der Waals surface area contributed by atoms with Crippen LogP contribution in [0.2, 0.25) is 0 Å². The number of aromatic nitrogens is 2. The summed E-state index contributed by atoms with van der Waals surface area (Å²) in [7, 11) is 3.93. The fourth-order valence-electron chi connectivity index (χ4n) is 2.10. The summed E-state index contributed by atoms with van der Waals surface area (Å²) in [5.41, 5.74) is 3.15. The van der Waals surface area contributed by atoms with E-state index in [0.29, 0.717) is 0 Å². The molecule has 0 saturated carbocycles. The van der Waals surface area contributed by atoms with Crippen molar-refractivity contribution in [3.63, 3.8) is 0 Å². The molecular formula is C14H19N3O. The Bertz CT molecular complexity index is 519. The topological polar surface area (TPSA) is 41.3 Å². The zero-order valence-electron chi connectivity index (χ0n) is 11.0. The van der Waals surface area contributed by atoms with Crippen LogP contribution in [0.25, 0.3) is 0 Å². The van der Waals surface area contributed by atoms with E-state index in [2.05, 4.69) is 10.00 Å². The van der Waals surface area contributed by atoms with Gasteiger partial charge in [-0.15, -0.1) is 0 Å². The smallest absolute Gasteiger partial charge is 0.0781 e. The van der Waals surface area contributed by atoms with Crippen molar-refractivity contribution in [3.8, 4) is 0 Å². The second-order valence-corrected chi connectivity index (χ2v) is 4.61. The van der Waals surface area contributed by atoms with E-state index in [0.717, 1.165) is 23.4 Å². The van der Waals surface area contributed by atoms with Gasteiger partial charge in [-0.05, 0) is 13.0 Å². The summed E-state index contributed by atoms with van der Waals surface area (Å²) in [5.74, 6) is 0. The highest BCUT2D eigenvalue weighted by Crippen LogP contribution is 2.26. The second-order valence-electron chi connectivity index (χ2n) is 4.61. The molecule has 0 aliphatic heterocycles. The zero-order valence-corrected chi connectivity index (χ0v) is 11.0. The Labute approximate surface area is 107 Å². The number of nitrogens with zero attached hydrogens (tertiary/aromatic N) is 3. The maximum Gasteiger partial charge on any atom is 0.0781 e. The Morgan fingerprint density at radius 1 is 1.39 bits per heavy atom. The van der Waals surface area contributed by atoms with E-state index in [4.69, 9.17) is 0 Å². The van der Waals surface area contributed by atoms with E-state index in [1.807, 2.05) is 50.8 Å². The maximum absolute atomic E-state index is 9.78. The van der Waals surface area contributed by atoms with Crippen LogP contribution in [0.3, 0.4) is 0 Å². The fraction of sp³-hybridized carbons (Fsp3) is 0.357. The number of anilines is 1. The Morgan fingerprint density at radius 3 is 2.72 bits per heavy atom. The molecule has 0 unspecified atom stereocenters. The van der Waals surface area contributed by atoms with E-state index in [1.54, 1.807) is 11.6 Å². The lowest BCUT2D eigenvalue weighted by molar-refractivity contribution is 0.199. The largest absolute Gasteiger partial charge is 0.389 e. The van der Waals surface area contributed by atoms with Crippen molar-refractivity contribution >= 4 is 5.69 Å². The molecule has 1 N–H and O–H groups in total. The molecule has 0 spiro atoms. The van der Waals surface area contributed by atoms with Gasteiger partial charge in [0.25, 0.3) is 0 Å². The van der Waals surface area contributed by atoms with E-state index in [-0.39, 0.29) is 0 Å². The number of para-hydroxylation sites is 1. The summed E-state index contributed by atoms with van der Waals surface area (Å²) in [6.07, 6.45) is 3.40. The van der Waals surface area contributed by atoms with Gasteiger partial charge in [-0.1, -0.05) is 18.2 Å². The molecule has 0 aliphatic rings. The first kappa shape index (κ1) is 12.6. The van der Waals surface area contributed by atoms with Crippen molar-refractivity contribution in [3.05, 3.63) is 47.8 Å². The monoisotopic (exact) mass is 245 g/mol. The van der Waals surface area contributed by atoms with Gasteiger partial charge in [0.05, 0.1) is 12.3 Å². The minimum atomic E-state index is -0.461. The van der Waals surface area contributed by atoms with Crippen LogP contribution in [0.1, 0.15) is 24.2 Å². The number of hydrogen-bond donors (Lipinski definition) is 1. The van der Waals surface area contributed by atoms with Crippen LogP contribution in [0.5, 0.6) is 0 Å². The number of benzene rings is 1. The average molecular weight is 245 g/mol. The van der Waals surface area contributed by atoms with Gasteiger partial charge in [-0.3, -0.25) is 4.68 Å². The fourth-order valence-corrected chi connectivity index (χ4v) is 2.10. The Hall–Kier alpha value is -1.81. The average Bonchev–Trinajstić information content (AvgIpc) is 2.74. The van der Waals surface area contributed by atoms with Crippen molar-refractivity contribution < 1.29 is 5.11 Å². The van der Waals surface area contributed by atoms with Gasteiger partial charge in [0, 0.05) is 43.7 Å². The van der Waals surface area contributed by atoms with E-state index >= 15 is 0 Å². The number of aryl methyl sites for hydroxylation is 1. The molecule has 18 heavy (non-hydrogen) atoms. The van der Waals surface area contributed by atoms with Crippen molar-refractivity contribution in [2.24, 2.45) is 7.05 Å². The molecule has 4 heteroatoms. The molecule has 2 rings (SSSR count). The third kappa shape index (κ3) is 2.71. The lowest BCUT2D eigenvalue weighted by Crippen LogP contribution is -2.18. The molecule has 1 heterocycles. The van der Waals surface area contributed by atoms with Gasteiger partial charge in [-0.25, -0.2) is 0 Å².